The van der Waals surface area contributed by atoms with Crippen LogP contribution in [0.15, 0.2) is 12.3 Å². The van der Waals surface area contributed by atoms with Gasteiger partial charge in [0.2, 0.25) is 0 Å². The van der Waals surface area contributed by atoms with Crippen LogP contribution >= 0.6 is 0 Å². The van der Waals surface area contributed by atoms with Crippen molar-refractivity contribution in [3.8, 4) is 0 Å². The number of carbonyl (C=O) groups excluding carboxylic acids is 1. The predicted molar refractivity (Wildman–Crippen MR) is 67.2 cm³/mol. The van der Waals surface area contributed by atoms with Crippen molar-refractivity contribution < 1.29 is 4.79 Å². The van der Waals surface area contributed by atoms with Crippen LogP contribution in [0.2, 0.25) is 0 Å². The average molecular weight is 234 g/mol. The van der Waals surface area contributed by atoms with Gasteiger partial charge in [-0.25, -0.2) is 4.98 Å². The maximum Gasteiger partial charge on any atom is 0.252 e. The molecule has 1 aliphatic heterocycles. The number of aromatic nitrogens is 1. The minimum Gasteiger partial charge on any atom is -0.365 e. The summed E-state index contributed by atoms with van der Waals surface area (Å²) in [6, 6.07) is 2.21. The van der Waals surface area contributed by atoms with E-state index in [0.717, 1.165) is 25.2 Å². The maximum absolute atomic E-state index is 11.5. The van der Waals surface area contributed by atoms with Gasteiger partial charge in [-0.1, -0.05) is 0 Å². The second-order valence-corrected chi connectivity index (χ2v) is 4.49. The van der Waals surface area contributed by atoms with Crippen LogP contribution in [0.5, 0.6) is 0 Å². The highest BCUT2D eigenvalue weighted by Gasteiger charge is 2.22. The zero-order valence-corrected chi connectivity index (χ0v) is 10.2. The molecule has 1 aliphatic rings. The second kappa shape index (κ2) is 4.71. The summed E-state index contributed by atoms with van der Waals surface area (Å²) in [7, 11) is 0. The molecular formula is C12H18N4O. The molecule has 1 aromatic rings. The van der Waals surface area contributed by atoms with E-state index in [2.05, 4.69) is 22.1 Å². The third-order valence-corrected chi connectivity index (χ3v) is 3.05. The Labute approximate surface area is 101 Å². The minimum absolute atomic E-state index is 0.395. The van der Waals surface area contributed by atoms with Crippen molar-refractivity contribution in [3.63, 3.8) is 0 Å². The molecule has 0 bridgehead atoms. The molecule has 92 valence electrons. The molecule has 5 heteroatoms. The van der Waals surface area contributed by atoms with E-state index in [1.807, 2.05) is 13.0 Å². The zero-order chi connectivity index (χ0) is 12.4. The van der Waals surface area contributed by atoms with Crippen LogP contribution in [-0.4, -0.2) is 36.6 Å². The molecule has 17 heavy (non-hydrogen) atoms. The van der Waals surface area contributed by atoms with Crippen LogP contribution in [0, 0.1) is 6.92 Å². The molecule has 5 nitrogen and oxygen atoms in total. The summed E-state index contributed by atoms with van der Waals surface area (Å²) < 4.78 is 0. The molecule has 0 unspecified atom stereocenters. The molecule has 2 heterocycles. The van der Waals surface area contributed by atoms with Crippen LogP contribution in [0.1, 0.15) is 22.8 Å². The first-order chi connectivity index (χ1) is 8.09. The Morgan fingerprint density at radius 2 is 2.41 bits per heavy atom. The Balaban J connectivity index is 2.37. The number of hydrogen-bond donors (Lipinski definition) is 2. The van der Waals surface area contributed by atoms with Gasteiger partial charge in [0.1, 0.15) is 5.82 Å². The number of aryl methyl sites for hydroxylation is 1. The van der Waals surface area contributed by atoms with Gasteiger partial charge >= 0.3 is 0 Å². The van der Waals surface area contributed by atoms with Crippen LogP contribution in [-0.2, 0) is 0 Å². The van der Waals surface area contributed by atoms with E-state index in [1.54, 1.807) is 6.20 Å². The maximum atomic E-state index is 11.5. The Morgan fingerprint density at radius 3 is 3.06 bits per heavy atom. The highest BCUT2D eigenvalue weighted by molar-refractivity contribution is 5.99. The molecule has 0 spiro atoms. The first-order valence-electron chi connectivity index (χ1n) is 5.83. The van der Waals surface area contributed by atoms with Gasteiger partial charge in [-0.15, -0.1) is 0 Å². The van der Waals surface area contributed by atoms with E-state index >= 15 is 0 Å². The average Bonchev–Trinajstić information content (AvgIpc) is 2.28. The van der Waals surface area contributed by atoms with E-state index < -0.39 is 5.91 Å². The molecule has 0 aliphatic carbocycles. The largest absolute Gasteiger partial charge is 0.365 e. The number of pyridine rings is 1. The summed E-state index contributed by atoms with van der Waals surface area (Å²) >= 11 is 0. The Bertz CT molecular complexity index is 433. The van der Waals surface area contributed by atoms with Crippen molar-refractivity contribution in [2.24, 2.45) is 5.73 Å². The van der Waals surface area contributed by atoms with Gasteiger partial charge in [-0.2, -0.15) is 0 Å². The molecular weight excluding hydrogens is 216 g/mol. The first-order valence-corrected chi connectivity index (χ1v) is 5.83. The number of hydrogen-bond acceptors (Lipinski definition) is 4. The fraction of sp³-hybridized carbons (Fsp3) is 0.500. The summed E-state index contributed by atoms with van der Waals surface area (Å²) in [5.74, 6) is 0.308. The number of anilines is 1. The van der Waals surface area contributed by atoms with E-state index in [-0.39, 0.29) is 0 Å². The van der Waals surface area contributed by atoms with Crippen molar-refractivity contribution in [2.45, 2.75) is 19.9 Å². The van der Waals surface area contributed by atoms with Crippen molar-refractivity contribution in [1.82, 2.24) is 10.3 Å². The number of carbonyl (C=O) groups is 1. The Kier molecular flexibility index (Phi) is 3.28. The Morgan fingerprint density at radius 1 is 1.65 bits per heavy atom. The third kappa shape index (κ3) is 2.39. The van der Waals surface area contributed by atoms with E-state index in [1.165, 1.54) is 0 Å². The number of piperazine rings is 1. The molecule has 1 saturated heterocycles. The summed E-state index contributed by atoms with van der Waals surface area (Å²) in [5, 5.41) is 3.36. The van der Waals surface area contributed by atoms with Gasteiger partial charge in [0, 0.05) is 31.9 Å². The number of nitrogens with two attached hydrogens (primary N) is 1. The molecule has 2 rings (SSSR count). The first kappa shape index (κ1) is 11.9. The second-order valence-electron chi connectivity index (χ2n) is 4.49. The quantitative estimate of drug-likeness (QED) is 0.771. The zero-order valence-electron chi connectivity index (χ0n) is 10.2. The van der Waals surface area contributed by atoms with Crippen molar-refractivity contribution in [2.75, 3.05) is 24.5 Å². The topological polar surface area (TPSA) is 71.2 Å². The van der Waals surface area contributed by atoms with Crippen LogP contribution in [0.3, 0.4) is 0 Å². The van der Waals surface area contributed by atoms with E-state index in [9.17, 15) is 4.79 Å². The lowest BCUT2D eigenvalue weighted by molar-refractivity contribution is 0.0999. The minimum atomic E-state index is -0.406. The number of nitrogens with one attached hydrogen (secondary N) is 1. The van der Waals surface area contributed by atoms with Crippen LogP contribution in [0.25, 0.3) is 0 Å². The van der Waals surface area contributed by atoms with Gasteiger partial charge in [-0.05, 0) is 25.5 Å². The Hall–Kier alpha value is -1.62. The van der Waals surface area contributed by atoms with E-state index in [4.69, 9.17) is 5.73 Å². The molecule has 0 aromatic carbocycles. The summed E-state index contributed by atoms with van der Waals surface area (Å²) in [4.78, 5) is 17.9. The molecule has 3 N–H and O–H groups in total. The third-order valence-electron chi connectivity index (χ3n) is 3.05. The fourth-order valence-corrected chi connectivity index (χ4v) is 2.21. The SMILES string of the molecule is Cc1ccnc(N2CCN[C@@H](C)C2)c1C(N)=O. The standard InChI is InChI=1S/C12H18N4O/c1-8-3-4-15-12(10(8)11(13)17)16-6-5-14-9(2)7-16/h3-4,9,14H,5-7H2,1-2H3,(H2,13,17)/t9-/m0/s1. The normalized spacial score (nSPS) is 20.4. The lowest BCUT2D eigenvalue weighted by Gasteiger charge is -2.33. The lowest BCUT2D eigenvalue weighted by Crippen LogP contribution is -2.50. The molecule has 0 saturated carbocycles. The van der Waals surface area contributed by atoms with Crippen LogP contribution < -0.4 is 16.0 Å². The van der Waals surface area contributed by atoms with Crippen LogP contribution in [0.4, 0.5) is 5.82 Å². The highest BCUT2D eigenvalue weighted by atomic mass is 16.1. The van der Waals surface area contributed by atoms with Gasteiger partial charge in [0.15, 0.2) is 0 Å². The predicted octanol–water partition coefficient (Wildman–Crippen LogP) is 0.287. The fourth-order valence-electron chi connectivity index (χ4n) is 2.21. The molecule has 1 atom stereocenters. The lowest BCUT2D eigenvalue weighted by atomic mass is 10.1. The highest BCUT2D eigenvalue weighted by Crippen LogP contribution is 2.21. The number of amides is 1. The van der Waals surface area contributed by atoms with Crippen molar-refractivity contribution in [1.29, 1.82) is 0 Å². The smallest absolute Gasteiger partial charge is 0.252 e. The van der Waals surface area contributed by atoms with Gasteiger partial charge < -0.3 is 16.0 Å². The van der Waals surface area contributed by atoms with E-state index in [0.29, 0.717) is 17.4 Å². The number of rotatable bonds is 2. The number of primary amides is 1. The molecule has 0 radical (unpaired) electrons. The molecule has 1 amide bonds. The molecule has 1 aromatic heterocycles. The van der Waals surface area contributed by atoms with Gasteiger partial charge in [-0.3, -0.25) is 4.79 Å². The van der Waals surface area contributed by atoms with Gasteiger partial charge in [0.05, 0.1) is 5.56 Å². The van der Waals surface area contributed by atoms with Crippen molar-refractivity contribution >= 4 is 11.7 Å². The summed E-state index contributed by atoms with van der Waals surface area (Å²) in [5.41, 5.74) is 6.86. The summed E-state index contributed by atoms with van der Waals surface area (Å²) in [6.07, 6.45) is 1.73. The monoisotopic (exact) mass is 234 g/mol. The number of nitrogens with zero attached hydrogens (tertiary/aromatic N) is 2. The van der Waals surface area contributed by atoms with Gasteiger partial charge in [0.25, 0.3) is 5.91 Å². The summed E-state index contributed by atoms with van der Waals surface area (Å²) in [6.45, 7) is 6.59. The van der Waals surface area contributed by atoms with Crippen molar-refractivity contribution in [3.05, 3.63) is 23.4 Å². The molecule has 1 fully saturated rings.